The van der Waals surface area contributed by atoms with Gasteiger partial charge in [-0.05, 0) is 49.7 Å². The maximum atomic E-state index is 13.2. The quantitative estimate of drug-likeness (QED) is 0.894. The molecule has 2 fully saturated rings. The van der Waals surface area contributed by atoms with Gasteiger partial charge in [-0.15, -0.1) is 0 Å². The predicted octanol–water partition coefficient (Wildman–Crippen LogP) is 3.53. The number of nitrogens with one attached hydrogen (secondary N) is 1. The van der Waals surface area contributed by atoms with Crippen molar-refractivity contribution in [3.8, 4) is 0 Å². The Kier molecular flexibility index (Phi) is 5.85. The first-order valence-corrected chi connectivity index (χ1v) is 11.1. The molecule has 1 amide bonds. The number of carbonyl (C=O) groups is 1. The largest absolute Gasteiger partial charge is 0.361 e. The van der Waals surface area contributed by atoms with Crippen LogP contribution in [0.4, 0.5) is 0 Å². The third-order valence-electron chi connectivity index (χ3n) is 5.69. The fourth-order valence-corrected chi connectivity index (χ4v) is 5.35. The molecule has 4 rings (SSSR count). The number of hydrogen-bond donors (Lipinski definition) is 1. The number of aromatic amines is 1. The first-order chi connectivity index (χ1) is 12.8. The Balaban J connectivity index is 1.47. The standard InChI is InChI=1S/C21H29N3OS/c25-21(13-17-14-22-20-8-3-2-7-19(17)20)24-11-6-12-26-16-18(24)15-23-9-4-1-5-10-23/h2-3,7-8,14,18,22H,1,4-6,9-13,15-16H2. The molecule has 0 radical (unpaired) electrons. The molecule has 2 aromatic rings. The van der Waals surface area contributed by atoms with Gasteiger partial charge in [0.05, 0.1) is 12.5 Å². The highest BCUT2D eigenvalue weighted by Gasteiger charge is 2.28. The maximum Gasteiger partial charge on any atom is 0.227 e. The molecule has 1 aromatic carbocycles. The number of H-pyrrole nitrogens is 1. The van der Waals surface area contributed by atoms with Crippen molar-refractivity contribution in [2.24, 2.45) is 0 Å². The minimum absolute atomic E-state index is 0.291. The zero-order valence-corrected chi connectivity index (χ0v) is 16.3. The Morgan fingerprint density at radius 2 is 1.96 bits per heavy atom. The highest BCUT2D eigenvalue weighted by molar-refractivity contribution is 7.99. The fraction of sp³-hybridized carbons (Fsp3) is 0.571. The van der Waals surface area contributed by atoms with Crippen molar-refractivity contribution in [3.05, 3.63) is 36.0 Å². The molecule has 26 heavy (non-hydrogen) atoms. The third-order valence-corrected chi connectivity index (χ3v) is 6.89. The van der Waals surface area contributed by atoms with Gasteiger partial charge in [-0.25, -0.2) is 0 Å². The van der Waals surface area contributed by atoms with Crippen LogP contribution in [-0.2, 0) is 11.2 Å². The van der Waals surface area contributed by atoms with Crippen LogP contribution in [0.1, 0.15) is 31.2 Å². The topological polar surface area (TPSA) is 39.3 Å². The van der Waals surface area contributed by atoms with Gasteiger partial charge in [-0.2, -0.15) is 11.8 Å². The van der Waals surface area contributed by atoms with Crippen molar-refractivity contribution in [2.75, 3.05) is 37.7 Å². The van der Waals surface area contributed by atoms with Crippen molar-refractivity contribution in [3.63, 3.8) is 0 Å². The molecular formula is C21H29N3OS. The summed E-state index contributed by atoms with van der Waals surface area (Å²) in [5, 5.41) is 1.18. The lowest BCUT2D eigenvalue weighted by Gasteiger charge is -2.35. The molecule has 1 N–H and O–H groups in total. The molecular weight excluding hydrogens is 342 g/mol. The average molecular weight is 372 g/mol. The summed E-state index contributed by atoms with van der Waals surface area (Å²) in [5.41, 5.74) is 2.24. The number of thioether (sulfide) groups is 1. The lowest BCUT2D eigenvalue weighted by Crippen LogP contribution is -2.49. The minimum Gasteiger partial charge on any atom is -0.361 e. The van der Waals surface area contributed by atoms with Gasteiger partial charge < -0.3 is 14.8 Å². The summed E-state index contributed by atoms with van der Waals surface area (Å²) in [6.45, 7) is 4.36. The summed E-state index contributed by atoms with van der Waals surface area (Å²) in [5.74, 6) is 2.54. The first-order valence-electron chi connectivity index (χ1n) is 9.96. The van der Waals surface area contributed by atoms with Gasteiger partial charge in [0.1, 0.15) is 0 Å². The van der Waals surface area contributed by atoms with Crippen LogP contribution in [0.2, 0.25) is 0 Å². The van der Waals surface area contributed by atoms with E-state index in [9.17, 15) is 4.79 Å². The summed E-state index contributed by atoms with van der Waals surface area (Å²) < 4.78 is 0. The highest BCUT2D eigenvalue weighted by Crippen LogP contribution is 2.23. The van der Waals surface area contributed by atoms with Crippen molar-refractivity contribution in [2.45, 2.75) is 38.1 Å². The number of rotatable bonds is 4. The molecule has 2 saturated heterocycles. The molecule has 0 bridgehead atoms. The predicted molar refractivity (Wildman–Crippen MR) is 110 cm³/mol. The van der Waals surface area contributed by atoms with Crippen LogP contribution in [-0.4, -0.2) is 64.4 Å². The molecule has 1 aromatic heterocycles. The van der Waals surface area contributed by atoms with E-state index in [1.54, 1.807) is 0 Å². The fourth-order valence-electron chi connectivity index (χ4n) is 4.29. The molecule has 0 saturated carbocycles. The molecule has 0 spiro atoms. The van der Waals surface area contributed by atoms with E-state index in [1.807, 2.05) is 30.1 Å². The van der Waals surface area contributed by atoms with Gasteiger partial charge >= 0.3 is 0 Å². The van der Waals surface area contributed by atoms with Crippen LogP contribution in [0.3, 0.4) is 0 Å². The van der Waals surface area contributed by atoms with E-state index in [0.29, 0.717) is 18.4 Å². The number of nitrogens with zero attached hydrogens (tertiary/aromatic N) is 2. The van der Waals surface area contributed by atoms with E-state index in [0.717, 1.165) is 36.3 Å². The van der Waals surface area contributed by atoms with E-state index in [1.165, 1.54) is 43.5 Å². The summed E-state index contributed by atoms with van der Waals surface area (Å²) in [4.78, 5) is 21.3. The summed E-state index contributed by atoms with van der Waals surface area (Å²) >= 11 is 2.02. The molecule has 1 unspecified atom stereocenters. The number of likely N-dealkylation sites (tertiary alicyclic amines) is 1. The van der Waals surface area contributed by atoms with E-state index in [4.69, 9.17) is 0 Å². The van der Waals surface area contributed by atoms with Crippen molar-refractivity contribution in [1.29, 1.82) is 0 Å². The second-order valence-corrected chi connectivity index (χ2v) is 8.72. The number of carbonyl (C=O) groups excluding carboxylic acids is 1. The van der Waals surface area contributed by atoms with E-state index >= 15 is 0 Å². The van der Waals surface area contributed by atoms with Gasteiger partial charge in [-0.1, -0.05) is 24.6 Å². The Morgan fingerprint density at radius 3 is 2.85 bits per heavy atom. The number of benzene rings is 1. The molecule has 5 heteroatoms. The second-order valence-electron chi connectivity index (χ2n) is 7.57. The van der Waals surface area contributed by atoms with E-state index in [-0.39, 0.29) is 0 Å². The summed E-state index contributed by atoms with van der Waals surface area (Å²) in [6, 6.07) is 8.62. The summed E-state index contributed by atoms with van der Waals surface area (Å²) in [7, 11) is 0. The average Bonchev–Trinajstić information content (AvgIpc) is 2.92. The van der Waals surface area contributed by atoms with E-state index < -0.39 is 0 Å². The molecule has 140 valence electrons. The Morgan fingerprint density at radius 1 is 1.12 bits per heavy atom. The van der Waals surface area contributed by atoms with Crippen LogP contribution in [0.5, 0.6) is 0 Å². The lowest BCUT2D eigenvalue weighted by molar-refractivity contribution is -0.132. The third kappa shape index (κ3) is 4.09. The number of para-hydroxylation sites is 1. The van der Waals surface area contributed by atoms with Gasteiger partial charge in [0.2, 0.25) is 5.91 Å². The highest BCUT2D eigenvalue weighted by atomic mass is 32.2. The van der Waals surface area contributed by atoms with Crippen LogP contribution in [0.15, 0.2) is 30.5 Å². The van der Waals surface area contributed by atoms with Crippen LogP contribution in [0.25, 0.3) is 10.9 Å². The first kappa shape index (κ1) is 17.9. The normalized spacial score (nSPS) is 22.5. The molecule has 3 heterocycles. The maximum absolute atomic E-state index is 13.2. The molecule has 0 aliphatic carbocycles. The molecule has 2 aliphatic heterocycles. The van der Waals surface area contributed by atoms with Crippen molar-refractivity contribution in [1.82, 2.24) is 14.8 Å². The number of piperidine rings is 1. The van der Waals surface area contributed by atoms with Crippen molar-refractivity contribution >= 4 is 28.6 Å². The number of fused-ring (bicyclic) bond motifs is 1. The van der Waals surface area contributed by atoms with Gasteiger partial charge in [0.15, 0.2) is 0 Å². The van der Waals surface area contributed by atoms with Crippen molar-refractivity contribution < 1.29 is 4.79 Å². The number of hydrogen-bond acceptors (Lipinski definition) is 3. The monoisotopic (exact) mass is 371 g/mol. The van der Waals surface area contributed by atoms with E-state index in [2.05, 4.69) is 26.9 Å². The zero-order valence-electron chi connectivity index (χ0n) is 15.5. The molecule has 1 atom stereocenters. The Hall–Kier alpha value is -1.46. The smallest absolute Gasteiger partial charge is 0.227 e. The lowest BCUT2D eigenvalue weighted by atomic mass is 10.1. The second kappa shape index (κ2) is 8.49. The van der Waals surface area contributed by atoms with Crippen LogP contribution in [0, 0.1) is 0 Å². The Labute approximate surface area is 160 Å². The minimum atomic E-state index is 0.291. The SMILES string of the molecule is O=C(Cc1c[nH]c2ccccc12)N1CCCSCC1CN1CCCCC1. The van der Waals surface area contributed by atoms with Crippen LogP contribution < -0.4 is 0 Å². The van der Waals surface area contributed by atoms with Gasteiger partial charge in [-0.3, -0.25) is 4.79 Å². The van der Waals surface area contributed by atoms with Gasteiger partial charge in [0.25, 0.3) is 0 Å². The summed E-state index contributed by atoms with van der Waals surface area (Å²) in [6.07, 6.45) is 7.60. The van der Waals surface area contributed by atoms with Crippen LogP contribution >= 0.6 is 11.8 Å². The number of amides is 1. The number of aromatic nitrogens is 1. The molecule has 4 nitrogen and oxygen atoms in total. The zero-order chi connectivity index (χ0) is 17.8. The van der Waals surface area contributed by atoms with Gasteiger partial charge in [0, 0.05) is 35.9 Å². The Bertz CT molecular complexity index is 738. The molecule has 2 aliphatic rings.